The van der Waals surface area contributed by atoms with Gasteiger partial charge >= 0.3 is 0 Å². The maximum atomic E-state index is 10.2. The number of methoxy groups -OCH3 is 1. The maximum absolute atomic E-state index is 10.2. The molecule has 0 spiro atoms. The molecule has 2 nitrogen and oxygen atoms in total. The second kappa shape index (κ2) is 4.68. The quantitative estimate of drug-likeness (QED) is 0.884. The molecule has 0 aliphatic carbocycles. The van der Waals surface area contributed by atoms with Crippen LogP contribution in [-0.4, -0.2) is 12.2 Å². The van der Waals surface area contributed by atoms with Crippen LogP contribution >= 0.6 is 11.3 Å². The van der Waals surface area contributed by atoms with Crippen LogP contribution in [0.2, 0.25) is 0 Å². The molecule has 3 heteroatoms. The van der Waals surface area contributed by atoms with E-state index in [0.717, 1.165) is 22.4 Å². The van der Waals surface area contributed by atoms with E-state index in [2.05, 4.69) is 0 Å². The molecule has 0 saturated carbocycles. The molecule has 0 radical (unpaired) electrons. The average Bonchev–Trinajstić information content (AvgIpc) is 2.81. The smallest absolute Gasteiger partial charge is 0.119 e. The summed E-state index contributed by atoms with van der Waals surface area (Å²) in [6.07, 6.45) is -0.544. The number of hydrogen-bond donors (Lipinski definition) is 1. The Kier molecular flexibility index (Phi) is 3.27. The predicted octanol–water partition coefficient (Wildman–Crippen LogP) is 3.15. The first-order valence-electron chi connectivity index (χ1n) is 5.07. The summed E-state index contributed by atoms with van der Waals surface area (Å²) in [6, 6.07) is 7.67. The van der Waals surface area contributed by atoms with Crippen molar-refractivity contribution in [2.24, 2.45) is 0 Å². The standard InChI is InChI=1S/C13H14O2S/c1-9-7-11(15-2)3-4-12(9)13(14)10-5-6-16-8-10/h3-8,13-14H,1-2H3. The molecule has 84 valence electrons. The Hall–Kier alpha value is -1.32. The molecule has 0 bridgehead atoms. The van der Waals surface area contributed by atoms with Crippen molar-refractivity contribution in [3.8, 4) is 5.75 Å². The molecule has 2 rings (SSSR count). The number of ether oxygens (including phenoxy) is 1. The fraction of sp³-hybridized carbons (Fsp3) is 0.231. The van der Waals surface area contributed by atoms with Crippen molar-refractivity contribution in [3.05, 3.63) is 51.7 Å². The molecule has 0 aliphatic heterocycles. The third-order valence-corrected chi connectivity index (χ3v) is 3.33. The van der Waals surface area contributed by atoms with Crippen molar-refractivity contribution in [2.45, 2.75) is 13.0 Å². The van der Waals surface area contributed by atoms with E-state index in [0.29, 0.717) is 0 Å². The highest BCUT2D eigenvalue weighted by molar-refractivity contribution is 7.07. The summed E-state index contributed by atoms with van der Waals surface area (Å²) in [6.45, 7) is 1.98. The first-order chi connectivity index (χ1) is 7.72. The van der Waals surface area contributed by atoms with E-state index in [1.165, 1.54) is 0 Å². The molecule has 1 atom stereocenters. The summed E-state index contributed by atoms with van der Waals surface area (Å²) in [4.78, 5) is 0. The van der Waals surface area contributed by atoms with Gasteiger partial charge in [-0.2, -0.15) is 11.3 Å². The van der Waals surface area contributed by atoms with Crippen LogP contribution in [-0.2, 0) is 0 Å². The molecule has 1 heterocycles. The van der Waals surface area contributed by atoms with Crippen molar-refractivity contribution in [1.82, 2.24) is 0 Å². The third kappa shape index (κ3) is 2.10. The molecule has 0 fully saturated rings. The monoisotopic (exact) mass is 234 g/mol. The highest BCUT2D eigenvalue weighted by Gasteiger charge is 2.13. The normalized spacial score (nSPS) is 12.4. The minimum atomic E-state index is -0.544. The first kappa shape index (κ1) is 11.2. The average molecular weight is 234 g/mol. The number of aliphatic hydroxyl groups excluding tert-OH is 1. The Morgan fingerprint density at radius 3 is 2.69 bits per heavy atom. The van der Waals surface area contributed by atoms with Gasteiger partial charge in [0.15, 0.2) is 0 Å². The van der Waals surface area contributed by atoms with Crippen LogP contribution in [0, 0.1) is 6.92 Å². The van der Waals surface area contributed by atoms with Gasteiger partial charge in [-0.3, -0.25) is 0 Å². The summed E-state index contributed by atoms with van der Waals surface area (Å²) in [5.74, 6) is 0.818. The lowest BCUT2D eigenvalue weighted by Crippen LogP contribution is -2.00. The molecule has 2 aromatic rings. The lowest BCUT2D eigenvalue weighted by Gasteiger charge is -2.13. The first-order valence-corrected chi connectivity index (χ1v) is 6.01. The van der Waals surface area contributed by atoms with Gasteiger partial charge in [-0.05, 0) is 52.6 Å². The van der Waals surface area contributed by atoms with Crippen LogP contribution in [0.15, 0.2) is 35.0 Å². The Morgan fingerprint density at radius 2 is 2.12 bits per heavy atom. The molecule has 1 aromatic heterocycles. The van der Waals surface area contributed by atoms with Crippen molar-refractivity contribution in [3.63, 3.8) is 0 Å². The Labute approximate surface area is 99.1 Å². The zero-order valence-corrected chi connectivity index (χ0v) is 10.1. The minimum absolute atomic E-state index is 0.544. The molecule has 16 heavy (non-hydrogen) atoms. The van der Waals surface area contributed by atoms with E-state index in [9.17, 15) is 5.11 Å². The summed E-state index contributed by atoms with van der Waals surface area (Å²) in [5, 5.41) is 14.1. The third-order valence-electron chi connectivity index (χ3n) is 2.63. The second-order valence-electron chi connectivity index (χ2n) is 3.68. The van der Waals surface area contributed by atoms with Gasteiger partial charge in [0.05, 0.1) is 7.11 Å². The maximum Gasteiger partial charge on any atom is 0.119 e. The molecular weight excluding hydrogens is 220 g/mol. The number of aliphatic hydroxyl groups is 1. The lowest BCUT2D eigenvalue weighted by molar-refractivity contribution is 0.220. The number of hydrogen-bond acceptors (Lipinski definition) is 3. The van der Waals surface area contributed by atoms with Crippen LogP contribution in [0.1, 0.15) is 22.8 Å². The van der Waals surface area contributed by atoms with Crippen LogP contribution in [0.5, 0.6) is 5.75 Å². The number of rotatable bonds is 3. The molecule has 0 amide bonds. The van der Waals surface area contributed by atoms with Gasteiger partial charge in [-0.25, -0.2) is 0 Å². The van der Waals surface area contributed by atoms with Gasteiger partial charge in [-0.1, -0.05) is 6.07 Å². The fourth-order valence-corrected chi connectivity index (χ4v) is 2.37. The molecule has 1 unspecified atom stereocenters. The van der Waals surface area contributed by atoms with Crippen molar-refractivity contribution in [1.29, 1.82) is 0 Å². The van der Waals surface area contributed by atoms with E-state index >= 15 is 0 Å². The summed E-state index contributed by atoms with van der Waals surface area (Å²) in [5.41, 5.74) is 2.91. The van der Waals surface area contributed by atoms with Gasteiger partial charge in [0.1, 0.15) is 11.9 Å². The van der Waals surface area contributed by atoms with Crippen LogP contribution < -0.4 is 4.74 Å². The Balaban J connectivity index is 2.34. The van der Waals surface area contributed by atoms with Gasteiger partial charge in [0, 0.05) is 0 Å². The predicted molar refractivity (Wildman–Crippen MR) is 66.1 cm³/mol. The van der Waals surface area contributed by atoms with Gasteiger partial charge in [0.2, 0.25) is 0 Å². The lowest BCUT2D eigenvalue weighted by atomic mass is 9.99. The van der Waals surface area contributed by atoms with E-state index in [4.69, 9.17) is 4.74 Å². The molecular formula is C13H14O2S. The minimum Gasteiger partial charge on any atom is -0.497 e. The van der Waals surface area contributed by atoms with Gasteiger partial charge < -0.3 is 9.84 Å². The molecule has 1 aromatic carbocycles. The second-order valence-corrected chi connectivity index (χ2v) is 4.46. The van der Waals surface area contributed by atoms with Crippen LogP contribution in [0.4, 0.5) is 0 Å². The van der Waals surface area contributed by atoms with Crippen LogP contribution in [0.25, 0.3) is 0 Å². The Bertz CT molecular complexity index is 463. The largest absolute Gasteiger partial charge is 0.497 e. The molecule has 1 N–H and O–H groups in total. The van der Waals surface area contributed by atoms with Crippen LogP contribution in [0.3, 0.4) is 0 Å². The zero-order valence-electron chi connectivity index (χ0n) is 9.31. The summed E-state index contributed by atoms with van der Waals surface area (Å²) < 4.78 is 5.14. The van der Waals surface area contributed by atoms with Gasteiger partial charge in [0.25, 0.3) is 0 Å². The van der Waals surface area contributed by atoms with Crippen molar-refractivity contribution >= 4 is 11.3 Å². The van der Waals surface area contributed by atoms with E-state index < -0.39 is 6.10 Å². The zero-order chi connectivity index (χ0) is 11.5. The van der Waals surface area contributed by atoms with E-state index in [1.54, 1.807) is 18.4 Å². The Morgan fingerprint density at radius 1 is 1.31 bits per heavy atom. The highest BCUT2D eigenvalue weighted by Crippen LogP contribution is 2.28. The molecule has 0 aliphatic rings. The molecule has 0 saturated heterocycles. The number of thiophene rings is 1. The van der Waals surface area contributed by atoms with E-state index in [-0.39, 0.29) is 0 Å². The van der Waals surface area contributed by atoms with Crippen molar-refractivity contribution in [2.75, 3.05) is 7.11 Å². The number of aryl methyl sites for hydroxylation is 1. The SMILES string of the molecule is COc1ccc(C(O)c2ccsc2)c(C)c1. The highest BCUT2D eigenvalue weighted by atomic mass is 32.1. The van der Waals surface area contributed by atoms with Gasteiger partial charge in [-0.15, -0.1) is 0 Å². The summed E-state index contributed by atoms with van der Waals surface area (Å²) >= 11 is 1.59. The van der Waals surface area contributed by atoms with E-state index in [1.807, 2.05) is 41.9 Å². The summed E-state index contributed by atoms with van der Waals surface area (Å²) in [7, 11) is 1.64. The van der Waals surface area contributed by atoms with Crippen molar-refractivity contribution < 1.29 is 9.84 Å². The topological polar surface area (TPSA) is 29.5 Å². The number of benzene rings is 1. The fourth-order valence-electron chi connectivity index (χ4n) is 1.69.